The van der Waals surface area contributed by atoms with Crippen LogP contribution in [0, 0.1) is 0 Å². The number of benzene rings is 3. The minimum Gasteiger partial charge on any atom is -0.326 e. The van der Waals surface area contributed by atoms with Gasteiger partial charge in [-0.1, -0.05) is 84.9 Å². The van der Waals surface area contributed by atoms with Crippen LogP contribution in [0.4, 0.5) is 0 Å². The summed E-state index contributed by atoms with van der Waals surface area (Å²) in [6.45, 7) is 2.05. The van der Waals surface area contributed by atoms with Crippen molar-refractivity contribution in [1.29, 1.82) is 0 Å². The van der Waals surface area contributed by atoms with Crippen molar-refractivity contribution in [2.24, 2.45) is 10.8 Å². The van der Waals surface area contributed by atoms with E-state index in [1.165, 1.54) is 5.56 Å². The Hall–Kier alpha value is -4.88. The number of nitrogens with zero attached hydrogens (tertiary/aromatic N) is 6. The van der Waals surface area contributed by atoms with Crippen LogP contribution in [-0.2, 0) is 13.1 Å². The molecule has 0 radical (unpaired) electrons. The Kier molecular flexibility index (Phi) is 5.83. The molecule has 0 aliphatic carbocycles. The van der Waals surface area contributed by atoms with Crippen LogP contribution in [0.1, 0.15) is 22.9 Å². The van der Waals surface area contributed by atoms with Crippen LogP contribution >= 0.6 is 0 Å². The van der Waals surface area contributed by atoms with Crippen LogP contribution in [0.5, 0.6) is 0 Å². The third-order valence-corrected chi connectivity index (χ3v) is 7.30. The summed E-state index contributed by atoms with van der Waals surface area (Å²) < 4.78 is 2.08. The monoisotopic (exact) mass is 509 g/mol. The molecule has 0 spiro atoms. The maximum absolute atomic E-state index is 5.83. The molecule has 7 nitrogen and oxygen atoms in total. The number of rotatable bonds is 6. The Morgan fingerprint density at radius 3 is 2.33 bits per heavy atom. The third-order valence-electron chi connectivity index (χ3n) is 7.30. The van der Waals surface area contributed by atoms with Gasteiger partial charge in [-0.15, -0.1) is 10.2 Å². The Balaban J connectivity index is 1.29. The summed E-state index contributed by atoms with van der Waals surface area (Å²) in [5.41, 5.74) is 14.0. The van der Waals surface area contributed by atoms with Crippen molar-refractivity contribution in [2.45, 2.75) is 19.0 Å². The number of aromatic nitrogens is 4. The summed E-state index contributed by atoms with van der Waals surface area (Å²) in [6.07, 6.45) is 4.00. The number of nitrogens with two attached hydrogens (primary N) is 1. The minimum atomic E-state index is 0.0584. The van der Waals surface area contributed by atoms with E-state index >= 15 is 0 Å². The highest BCUT2D eigenvalue weighted by atomic mass is 15.5. The predicted molar refractivity (Wildman–Crippen MR) is 155 cm³/mol. The molecule has 190 valence electrons. The molecule has 6 aromatic rings. The van der Waals surface area contributed by atoms with E-state index in [-0.39, 0.29) is 5.92 Å². The smallest absolute Gasteiger partial charge is 0.170 e. The summed E-state index contributed by atoms with van der Waals surface area (Å²) in [7, 11) is 0. The van der Waals surface area contributed by atoms with Crippen molar-refractivity contribution in [3.63, 3.8) is 0 Å². The molecule has 7 heteroatoms. The van der Waals surface area contributed by atoms with Crippen molar-refractivity contribution in [2.75, 3.05) is 6.54 Å². The molecule has 2 N–H and O–H groups in total. The first kappa shape index (κ1) is 23.3. The van der Waals surface area contributed by atoms with Gasteiger partial charge in [0.15, 0.2) is 5.65 Å². The molecular formula is C32H27N7. The van der Waals surface area contributed by atoms with E-state index in [0.717, 1.165) is 63.4 Å². The lowest BCUT2D eigenvalue weighted by Gasteiger charge is -2.15. The number of fused-ring (bicyclic) bond motifs is 3. The Morgan fingerprint density at radius 2 is 1.56 bits per heavy atom. The molecule has 4 heterocycles. The van der Waals surface area contributed by atoms with Crippen molar-refractivity contribution in [1.82, 2.24) is 24.6 Å². The second kappa shape index (κ2) is 9.78. The van der Waals surface area contributed by atoms with Crippen LogP contribution in [0.25, 0.3) is 38.9 Å². The Labute approximate surface area is 226 Å². The van der Waals surface area contributed by atoms with E-state index in [1.807, 2.05) is 24.5 Å². The molecule has 3 aromatic carbocycles. The second-order valence-electron chi connectivity index (χ2n) is 9.86. The zero-order valence-electron chi connectivity index (χ0n) is 21.4. The maximum atomic E-state index is 5.83. The fourth-order valence-corrected chi connectivity index (χ4v) is 5.27. The number of hydrogen-bond donors (Lipinski definition) is 1. The highest BCUT2D eigenvalue weighted by molar-refractivity contribution is 5.98. The lowest BCUT2D eigenvalue weighted by atomic mass is 9.97. The number of hydrazone groups is 1. The molecule has 1 unspecified atom stereocenters. The first-order valence-corrected chi connectivity index (χ1v) is 13.1. The van der Waals surface area contributed by atoms with Crippen LogP contribution in [-0.4, -0.2) is 37.4 Å². The molecule has 0 fully saturated rings. The van der Waals surface area contributed by atoms with Crippen LogP contribution in [0.15, 0.2) is 108 Å². The van der Waals surface area contributed by atoms with Crippen molar-refractivity contribution < 1.29 is 0 Å². The van der Waals surface area contributed by atoms with E-state index in [0.29, 0.717) is 6.54 Å². The average molecular weight is 510 g/mol. The molecule has 1 aliphatic heterocycles. The van der Waals surface area contributed by atoms with Crippen LogP contribution in [0.2, 0.25) is 0 Å². The fraction of sp³-hybridized carbons (Fsp3) is 0.125. The van der Waals surface area contributed by atoms with Gasteiger partial charge in [0, 0.05) is 35.5 Å². The lowest BCUT2D eigenvalue weighted by molar-refractivity contribution is 0.300. The van der Waals surface area contributed by atoms with Gasteiger partial charge in [-0.05, 0) is 28.8 Å². The molecule has 1 atom stereocenters. The fourth-order valence-electron chi connectivity index (χ4n) is 5.27. The van der Waals surface area contributed by atoms with Crippen LogP contribution < -0.4 is 5.73 Å². The van der Waals surface area contributed by atoms with Crippen molar-refractivity contribution in [3.8, 4) is 22.4 Å². The van der Waals surface area contributed by atoms with E-state index in [2.05, 4.69) is 110 Å². The zero-order valence-corrected chi connectivity index (χ0v) is 21.4. The topological polar surface area (TPSA) is 84.7 Å². The molecule has 39 heavy (non-hydrogen) atoms. The lowest BCUT2D eigenvalue weighted by Crippen LogP contribution is -2.18. The van der Waals surface area contributed by atoms with Gasteiger partial charge in [-0.3, -0.25) is 9.41 Å². The van der Waals surface area contributed by atoms with Gasteiger partial charge < -0.3 is 5.73 Å². The highest BCUT2D eigenvalue weighted by Crippen LogP contribution is 2.35. The summed E-state index contributed by atoms with van der Waals surface area (Å²) in [4.78, 5) is 5.15. The summed E-state index contributed by atoms with van der Waals surface area (Å²) in [5, 5.41) is 17.0. The summed E-state index contributed by atoms with van der Waals surface area (Å²) in [5.74, 6) is 0.942. The van der Waals surface area contributed by atoms with E-state index < -0.39 is 0 Å². The van der Waals surface area contributed by atoms with Crippen LogP contribution in [0.3, 0.4) is 0 Å². The standard InChI is InChI=1S/C32H27N7/c33-18-22-11-13-25(14-12-22)30-27(24-9-5-2-6-10-24)17-28-29(35-30)15-16-39-31(36-37-32(28)39)26-19-34-38(21-26)20-23-7-3-1-4-8-23/h1-17,19,26H,18,20-21,33H2. The quantitative estimate of drug-likeness (QED) is 0.313. The SMILES string of the molecule is NCc1ccc(-c2nc3ccn4c(C5C=NN(Cc6ccccc6)C5)nnc4c3cc2-c2ccccc2)cc1. The summed E-state index contributed by atoms with van der Waals surface area (Å²) >= 11 is 0. The maximum Gasteiger partial charge on any atom is 0.170 e. The molecule has 0 saturated carbocycles. The molecular weight excluding hydrogens is 482 g/mol. The molecule has 7 rings (SSSR count). The predicted octanol–water partition coefficient (Wildman–Crippen LogP) is 5.66. The summed E-state index contributed by atoms with van der Waals surface area (Å²) in [6, 6.07) is 33.3. The normalized spacial score (nSPS) is 15.0. The van der Waals surface area contributed by atoms with Gasteiger partial charge in [-0.25, -0.2) is 4.98 Å². The first-order chi connectivity index (χ1) is 19.3. The molecule has 0 amide bonds. The second-order valence-corrected chi connectivity index (χ2v) is 9.86. The van der Waals surface area contributed by atoms with E-state index in [9.17, 15) is 0 Å². The Morgan fingerprint density at radius 1 is 0.795 bits per heavy atom. The average Bonchev–Trinajstić information content (AvgIpc) is 3.64. The highest BCUT2D eigenvalue weighted by Gasteiger charge is 2.25. The van der Waals surface area contributed by atoms with Gasteiger partial charge in [0.1, 0.15) is 5.82 Å². The van der Waals surface area contributed by atoms with Crippen molar-refractivity contribution >= 4 is 22.8 Å². The number of pyridine rings is 2. The first-order valence-electron chi connectivity index (χ1n) is 13.1. The minimum absolute atomic E-state index is 0.0584. The van der Waals surface area contributed by atoms with E-state index in [1.54, 1.807) is 0 Å². The Bertz CT molecular complexity index is 1790. The molecule has 1 aliphatic rings. The number of hydrogen-bond acceptors (Lipinski definition) is 6. The van der Waals surface area contributed by atoms with Gasteiger partial charge in [-0.2, -0.15) is 5.10 Å². The van der Waals surface area contributed by atoms with Gasteiger partial charge in [0.25, 0.3) is 0 Å². The van der Waals surface area contributed by atoms with Gasteiger partial charge in [0.05, 0.1) is 30.2 Å². The largest absolute Gasteiger partial charge is 0.326 e. The molecule has 0 saturated heterocycles. The van der Waals surface area contributed by atoms with Crippen molar-refractivity contribution in [3.05, 3.63) is 120 Å². The zero-order chi connectivity index (χ0) is 26.2. The third kappa shape index (κ3) is 4.32. The van der Waals surface area contributed by atoms with Gasteiger partial charge in [0.2, 0.25) is 0 Å². The van der Waals surface area contributed by atoms with Gasteiger partial charge >= 0.3 is 0 Å². The molecule has 3 aromatic heterocycles. The van der Waals surface area contributed by atoms with E-state index in [4.69, 9.17) is 10.7 Å². The molecule has 0 bridgehead atoms.